The number of imidazole rings is 1. The molecule has 0 saturated carbocycles. The van der Waals surface area contributed by atoms with Gasteiger partial charge < -0.3 is 14.8 Å². The Balaban J connectivity index is 1.86. The second kappa shape index (κ2) is 3.57. The summed E-state index contributed by atoms with van der Waals surface area (Å²) in [6, 6.07) is 1.63. The van der Waals surface area contributed by atoms with Crippen molar-refractivity contribution in [3.63, 3.8) is 0 Å². The summed E-state index contributed by atoms with van der Waals surface area (Å²) >= 11 is 1.20. The first kappa shape index (κ1) is 9.80. The third-order valence-corrected chi connectivity index (χ3v) is 3.67. The number of hydrogen-bond acceptors (Lipinski definition) is 4. The molecule has 0 amide bonds. The molecule has 1 atom stereocenters. The second-order valence-electron chi connectivity index (χ2n) is 3.80. The molecule has 3 heterocycles. The largest absolute Gasteiger partial charge is 0.477 e. The highest BCUT2D eigenvalue weighted by molar-refractivity contribution is 7.20. The summed E-state index contributed by atoms with van der Waals surface area (Å²) in [5.41, 5.74) is 0.803. The minimum Gasteiger partial charge on any atom is -0.477 e. The molecule has 0 aromatic carbocycles. The van der Waals surface area contributed by atoms with E-state index in [9.17, 15) is 4.79 Å². The van der Waals surface area contributed by atoms with Crippen LogP contribution < -0.4 is 0 Å². The molecule has 0 spiro atoms. The van der Waals surface area contributed by atoms with Gasteiger partial charge >= 0.3 is 5.97 Å². The van der Waals surface area contributed by atoms with Crippen LogP contribution in [-0.2, 0) is 11.2 Å². The van der Waals surface area contributed by atoms with Crippen LogP contribution in [0.5, 0.6) is 0 Å². The monoisotopic (exact) mass is 238 g/mol. The highest BCUT2D eigenvalue weighted by Crippen LogP contribution is 2.25. The molecule has 16 heavy (non-hydrogen) atoms. The Morgan fingerprint density at radius 2 is 2.56 bits per heavy atom. The average molecular weight is 238 g/mol. The normalized spacial score (nSPS) is 19.9. The summed E-state index contributed by atoms with van der Waals surface area (Å²) in [6.07, 6.45) is 2.14. The number of fused-ring (bicyclic) bond motifs is 1. The maximum Gasteiger partial charge on any atom is 0.346 e. The molecule has 0 radical (unpaired) electrons. The van der Waals surface area contributed by atoms with Crippen molar-refractivity contribution in [3.8, 4) is 0 Å². The van der Waals surface area contributed by atoms with Gasteiger partial charge in [0.1, 0.15) is 15.5 Å². The summed E-state index contributed by atoms with van der Waals surface area (Å²) in [6.45, 7) is 0.836. The third kappa shape index (κ3) is 1.60. The van der Waals surface area contributed by atoms with E-state index in [0.717, 1.165) is 35.6 Å². The van der Waals surface area contributed by atoms with E-state index in [0.29, 0.717) is 4.88 Å². The first-order valence-electron chi connectivity index (χ1n) is 5.05. The Morgan fingerprint density at radius 3 is 3.12 bits per heavy atom. The molecule has 1 aliphatic heterocycles. The number of carbonyl (C=O) groups is 1. The van der Waals surface area contributed by atoms with Gasteiger partial charge in [-0.25, -0.2) is 9.78 Å². The van der Waals surface area contributed by atoms with Gasteiger partial charge in [-0.3, -0.25) is 0 Å². The predicted molar refractivity (Wildman–Crippen MR) is 59.0 cm³/mol. The lowest BCUT2D eigenvalue weighted by Gasteiger charge is -2.25. The number of hydrogen-bond donors (Lipinski definition) is 2. The minimum atomic E-state index is -0.903. The van der Waals surface area contributed by atoms with Crippen LogP contribution >= 0.6 is 11.3 Å². The summed E-state index contributed by atoms with van der Waals surface area (Å²) in [5.74, 6) is -0.0248. The van der Waals surface area contributed by atoms with Crippen LogP contribution in [0.3, 0.4) is 0 Å². The lowest BCUT2D eigenvalue weighted by Crippen LogP contribution is -2.29. The van der Waals surface area contributed by atoms with E-state index >= 15 is 0 Å². The fraction of sp³-hybridized carbons (Fsp3) is 0.400. The van der Waals surface area contributed by atoms with Crippen molar-refractivity contribution in [2.75, 3.05) is 6.61 Å². The number of aromatic carboxylic acids is 1. The number of carboxylic acids is 1. The summed E-state index contributed by atoms with van der Waals surface area (Å²) < 4.78 is 5.32. The number of H-pyrrole nitrogens is 1. The average Bonchev–Trinajstić information content (AvgIpc) is 2.67. The molecule has 84 valence electrons. The molecule has 6 heteroatoms. The number of carboxylic acid groups (broad SMARTS) is 1. The van der Waals surface area contributed by atoms with Crippen molar-refractivity contribution in [2.24, 2.45) is 0 Å². The van der Waals surface area contributed by atoms with E-state index in [1.54, 1.807) is 6.07 Å². The minimum absolute atomic E-state index is 0.277. The molecule has 2 N–H and O–H groups in total. The molecular weight excluding hydrogens is 228 g/mol. The zero-order valence-electron chi connectivity index (χ0n) is 8.40. The van der Waals surface area contributed by atoms with Crippen LogP contribution in [0.1, 0.15) is 21.9 Å². The fourth-order valence-electron chi connectivity index (χ4n) is 1.72. The lowest BCUT2D eigenvalue weighted by molar-refractivity contribution is -0.0500. The van der Waals surface area contributed by atoms with Crippen molar-refractivity contribution in [3.05, 3.63) is 16.8 Å². The lowest BCUT2D eigenvalue weighted by atomic mass is 10.1. The second-order valence-corrected chi connectivity index (χ2v) is 4.83. The summed E-state index contributed by atoms with van der Waals surface area (Å²) in [7, 11) is 0. The zero-order chi connectivity index (χ0) is 11.1. The Morgan fingerprint density at radius 1 is 1.75 bits per heavy atom. The van der Waals surface area contributed by atoms with Crippen LogP contribution in [0.25, 0.3) is 10.3 Å². The highest BCUT2D eigenvalue weighted by Gasteiger charge is 2.20. The smallest absolute Gasteiger partial charge is 0.346 e. The van der Waals surface area contributed by atoms with E-state index in [-0.39, 0.29) is 6.10 Å². The summed E-state index contributed by atoms with van der Waals surface area (Å²) in [4.78, 5) is 19.3. The molecule has 1 fully saturated rings. The van der Waals surface area contributed by atoms with E-state index in [4.69, 9.17) is 9.84 Å². The number of rotatable bonds is 3. The maximum atomic E-state index is 10.7. The first-order chi connectivity index (χ1) is 7.72. The van der Waals surface area contributed by atoms with Gasteiger partial charge in [0.15, 0.2) is 0 Å². The van der Waals surface area contributed by atoms with E-state index in [2.05, 4.69) is 9.97 Å². The predicted octanol–water partition coefficient (Wildman–Crippen LogP) is 1.65. The molecule has 1 unspecified atom stereocenters. The van der Waals surface area contributed by atoms with Gasteiger partial charge in [-0.1, -0.05) is 0 Å². The molecule has 5 nitrogen and oxygen atoms in total. The van der Waals surface area contributed by atoms with Gasteiger partial charge in [-0.05, 0) is 12.5 Å². The molecule has 0 bridgehead atoms. The van der Waals surface area contributed by atoms with Gasteiger partial charge in [-0.15, -0.1) is 11.3 Å². The van der Waals surface area contributed by atoms with Crippen LogP contribution in [0.4, 0.5) is 0 Å². The van der Waals surface area contributed by atoms with Crippen molar-refractivity contribution in [2.45, 2.75) is 18.9 Å². The zero-order valence-corrected chi connectivity index (χ0v) is 9.21. The van der Waals surface area contributed by atoms with Crippen molar-refractivity contribution in [1.82, 2.24) is 9.97 Å². The van der Waals surface area contributed by atoms with E-state index in [1.807, 2.05) is 0 Å². The number of aromatic nitrogens is 2. The van der Waals surface area contributed by atoms with Crippen molar-refractivity contribution < 1.29 is 14.6 Å². The van der Waals surface area contributed by atoms with E-state index in [1.165, 1.54) is 11.3 Å². The number of ether oxygens (including phenoxy) is 1. The Kier molecular flexibility index (Phi) is 2.19. The van der Waals surface area contributed by atoms with E-state index < -0.39 is 5.97 Å². The van der Waals surface area contributed by atoms with Crippen LogP contribution in [0, 0.1) is 0 Å². The molecular formula is C10H10N2O3S. The van der Waals surface area contributed by atoms with Gasteiger partial charge in [0, 0.05) is 13.0 Å². The van der Waals surface area contributed by atoms with Crippen LogP contribution in [0.2, 0.25) is 0 Å². The topological polar surface area (TPSA) is 75.2 Å². The van der Waals surface area contributed by atoms with Crippen molar-refractivity contribution >= 4 is 27.7 Å². The number of thiophene rings is 1. The van der Waals surface area contributed by atoms with Gasteiger partial charge in [-0.2, -0.15) is 0 Å². The van der Waals surface area contributed by atoms with Gasteiger partial charge in [0.25, 0.3) is 0 Å². The SMILES string of the molecule is O=C(O)c1cc2[nH]c(CC3CCO3)nc2s1. The Bertz CT molecular complexity index is 510. The first-order valence-corrected chi connectivity index (χ1v) is 5.87. The maximum absolute atomic E-state index is 10.7. The fourth-order valence-corrected chi connectivity index (χ4v) is 2.57. The third-order valence-electron chi connectivity index (χ3n) is 2.65. The highest BCUT2D eigenvalue weighted by atomic mass is 32.1. The standard InChI is InChI=1S/C10H10N2O3S/c13-10(14)7-4-6-9(16-7)12-8(11-6)3-5-1-2-15-5/h4-5H,1-3H2,(H,11,12)(H,13,14). The molecule has 0 aliphatic carbocycles. The molecule has 2 aromatic rings. The number of nitrogens with zero attached hydrogens (tertiary/aromatic N) is 1. The van der Waals surface area contributed by atoms with Crippen LogP contribution in [0.15, 0.2) is 6.07 Å². The summed E-state index contributed by atoms with van der Waals surface area (Å²) in [5, 5.41) is 8.81. The Hall–Kier alpha value is -1.40. The molecule has 2 aromatic heterocycles. The number of aromatic amines is 1. The molecule has 1 aliphatic rings. The quantitative estimate of drug-likeness (QED) is 0.852. The Labute approximate surface area is 95.1 Å². The van der Waals surface area contributed by atoms with Crippen LogP contribution in [-0.4, -0.2) is 33.8 Å². The molecule has 3 rings (SSSR count). The van der Waals surface area contributed by atoms with Crippen molar-refractivity contribution in [1.29, 1.82) is 0 Å². The van der Waals surface area contributed by atoms with Gasteiger partial charge in [0.05, 0.1) is 11.6 Å². The van der Waals surface area contributed by atoms with Gasteiger partial charge in [0.2, 0.25) is 0 Å². The molecule has 1 saturated heterocycles. The number of nitrogens with one attached hydrogen (secondary N) is 1.